The van der Waals surface area contributed by atoms with Crippen molar-refractivity contribution in [2.75, 3.05) is 31.1 Å². The van der Waals surface area contributed by atoms with E-state index in [0.717, 1.165) is 23.5 Å². The standard InChI is InChI=1S/C19H22N6O2/c1-2-16-12-17(25-18(22-16)20-14-21-25)23-8-10-24(11-9-23)19(26)27-13-15-6-4-3-5-7-15/h3-7,12,14H,2,8-11,13H2,1H3. The van der Waals surface area contributed by atoms with Crippen molar-refractivity contribution in [1.82, 2.24) is 24.5 Å². The molecule has 2 aromatic heterocycles. The maximum Gasteiger partial charge on any atom is 0.410 e. The van der Waals surface area contributed by atoms with Crippen molar-refractivity contribution in [3.8, 4) is 0 Å². The number of benzene rings is 1. The normalized spacial score (nSPS) is 14.6. The number of rotatable bonds is 4. The van der Waals surface area contributed by atoms with Crippen molar-refractivity contribution in [2.45, 2.75) is 20.0 Å². The van der Waals surface area contributed by atoms with Crippen LogP contribution in [-0.4, -0.2) is 56.8 Å². The molecule has 0 N–H and O–H groups in total. The first-order valence-corrected chi connectivity index (χ1v) is 9.15. The van der Waals surface area contributed by atoms with Crippen LogP contribution < -0.4 is 4.90 Å². The zero-order valence-electron chi connectivity index (χ0n) is 15.3. The minimum Gasteiger partial charge on any atom is -0.445 e. The van der Waals surface area contributed by atoms with Crippen molar-refractivity contribution >= 4 is 17.7 Å². The Labute approximate surface area is 157 Å². The van der Waals surface area contributed by atoms with Crippen LogP contribution in [0.3, 0.4) is 0 Å². The van der Waals surface area contributed by atoms with Crippen LogP contribution in [0.4, 0.5) is 10.6 Å². The number of fused-ring (bicyclic) bond motifs is 1. The number of hydrogen-bond donors (Lipinski definition) is 0. The Morgan fingerprint density at radius 2 is 1.93 bits per heavy atom. The molecule has 0 radical (unpaired) electrons. The summed E-state index contributed by atoms with van der Waals surface area (Å²) in [7, 11) is 0. The molecule has 0 spiro atoms. The van der Waals surface area contributed by atoms with Gasteiger partial charge in [-0.1, -0.05) is 37.3 Å². The number of nitrogens with zero attached hydrogens (tertiary/aromatic N) is 6. The molecule has 1 aliphatic heterocycles. The van der Waals surface area contributed by atoms with E-state index >= 15 is 0 Å². The number of hydrogen-bond acceptors (Lipinski definition) is 6. The van der Waals surface area contributed by atoms with Crippen molar-refractivity contribution < 1.29 is 9.53 Å². The van der Waals surface area contributed by atoms with E-state index in [9.17, 15) is 4.79 Å². The molecule has 4 rings (SSSR count). The number of amides is 1. The van der Waals surface area contributed by atoms with Gasteiger partial charge >= 0.3 is 6.09 Å². The number of aryl methyl sites for hydroxylation is 1. The van der Waals surface area contributed by atoms with Crippen LogP contribution in [0.1, 0.15) is 18.2 Å². The third-order valence-corrected chi connectivity index (χ3v) is 4.72. The highest BCUT2D eigenvalue weighted by atomic mass is 16.6. The number of piperazine rings is 1. The molecule has 3 aromatic rings. The topological polar surface area (TPSA) is 75.9 Å². The number of aromatic nitrogens is 4. The van der Waals surface area contributed by atoms with Gasteiger partial charge in [-0.2, -0.15) is 14.6 Å². The summed E-state index contributed by atoms with van der Waals surface area (Å²) >= 11 is 0. The molecular formula is C19H22N6O2. The Morgan fingerprint density at radius 3 is 2.67 bits per heavy atom. The Hall–Kier alpha value is -3.16. The molecule has 0 aliphatic carbocycles. The lowest BCUT2D eigenvalue weighted by atomic mass is 10.2. The van der Waals surface area contributed by atoms with Crippen LogP contribution in [-0.2, 0) is 17.8 Å². The fraction of sp³-hybridized carbons (Fsp3) is 0.368. The van der Waals surface area contributed by atoms with Crippen LogP contribution in [0.15, 0.2) is 42.7 Å². The van der Waals surface area contributed by atoms with E-state index in [2.05, 4.69) is 26.9 Å². The van der Waals surface area contributed by atoms with Gasteiger partial charge in [0.2, 0.25) is 0 Å². The van der Waals surface area contributed by atoms with E-state index in [4.69, 9.17) is 4.74 Å². The van der Waals surface area contributed by atoms with Crippen LogP contribution in [0.2, 0.25) is 0 Å². The first-order valence-electron chi connectivity index (χ1n) is 9.15. The molecule has 0 saturated carbocycles. The molecule has 1 aromatic carbocycles. The molecule has 0 unspecified atom stereocenters. The van der Waals surface area contributed by atoms with Gasteiger partial charge in [-0.15, -0.1) is 0 Å². The fourth-order valence-corrected chi connectivity index (χ4v) is 3.18. The van der Waals surface area contributed by atoms with Crippen LogP contribution in [0, 0.1) is 0 Å². The molecule has 1 amide bonds. The maximum atomic E-state index is 12.3. The molecule has 0 bridgehead atoms. The van der Waals surface area contributed by atoms with Gasteiger partial charge in [0.05, 0.1) is 0 Å². The summed E-state index contributed by atoms with van der Waals surface area (Å²) in [6.45, 7) is 5.00. The lowest BCUT2D eigenvalue weighted by molar-refractivity contribution is 0.0941. The van der Waals surface area contributed by atoms with E-state index in [-0.39, 0.29) is 6.09 Å². The first kappa shape index (κ1) is 17.3. The smallest absolute Gasteiger partial charge is 0.410 e. The number of carbonyl (C=O) groups excluding carboxylic acids is 1. The summed E-state index contributed by atoms with van der Waals surface area (Å²) in [6, 6.07) is 11.8. The average molecular weight is 366 g/mol. The van der Waals surface area contributed by atoms with Gasteiger partial charge in [0, 0.05) is 37.9 Å². The first-order chi connectivity index (χ1) is 13.2. The van der Waals surface area contributed by atoms with Crippen LogP contribution in [0.5, 0.6) is 0 Å². The summed E-state index contributed by atoms with van der Waals surface area (Å²) < 4.78 is 7.19. The Bertz CT molecular complexity index is 918. The predicted molar refractivity (Wildman–Crippen MR) is 101 cm³/mol. The molecule has 8 nitrogen and oxygen atoms in total. The van der Waals surface area contributed by atoms with E-state index in [1.165, 1.54) is 6.33 Å². The molecule has 27 heavy (non-hydrogen) atoms. The highest BCUT2D eigenvalue weighted by molar-refractivity contribution is 5.68. The van der Waals surface area contributed by atoms with E-state index in [0.29, 0.717) is 38.6 Å². The minimum atomic E-state index is -0.270. The number of ether oxygens (including phenoxy) is 1. The van der Waals surface area contributed by atoms with Crippen molar-refractivity contribution in [3.05, 3.63) is 54.0 Å². The van der Waals surface area contributed by atoms with Crippen LogP contribution >= 0.6 is 0 Å². The van der Waals surface area contributed by atoms with E-state index < -0.39 is 0 Å². The zero-order chi connectivity index (χ0) is 18.6. The fourth-order valence-electron chi connectivity index (χ4n) is 3.18. The van der Waals surface area contributed by atoms with Crippen molar-refractivity contribution in [3.63, 3.8) is 0 Å². The predicted octanol–water partition coefficient (Wildman–Crippen LogP) is 2.15. The Morgan fingerprint density at radius 1 is 1.15 bits per heavy atom. The molecule has 3 heterocycles. The van der Waals surface area contributed by atoms with Gasteiger partial charge < -0.3 is 14.5 Å². The molecule has 8 heteroatoms. The summed E-state index contributed by atoms with van der Waals surface area (Å²) in [5.74, 6) is 1.57. The zero-order valence-corrected chi connectivity index (χ0v) is 15.3. The highest BCUT2D eigenvalue weighted by Gasteiger charge is 2.24. The van der Waals surface area contributed by atoms with Gasteiger partial charge in [0.15, 0.2) is 0 Å². The van der Waals surface area contributed by atoms with Crippen molar-refractivity contribution in [2.24, 2.45) is 0 Å². The summed E-state index contributed by atoms with van der Waals surface area (Å²) in [5, 5.41) is 4.28. The second-order valence-corrected chi connectivity index (χ2v) is 6.45. The second-order valence-electron chi connectivity index (χ2n) is 6.45. The van der Waals surface area contributed by atoms with Gasteiger partial charge in [-0.25, -0.2) is 9.78 Å². The molecular weight excluding hydrogens is 344 g/mol. The Kier molecular flexibility index (Phi) is 4.86. The van der Waals surface area contributed by atoms with E-state index in [1.54, 1.807) is 9.42 Å². The molecule has 1 saturated heterocycles. The lowest BCUT2D eigenvalue weighted by Gasteiger charge is -2.35. The molecule has 0 atom stereocenters. The van der Waals surface area contributed by atoms with Gasteiger partial charge in [-0.3, -0.25) is 0 Å². The molecule has 1 aliphatic rings. The largest absolute Gasteiger partial charge is 0.445 e. The van der Waals surface area contributed by atoms with Gasteiger partial charge in [-0.05, 0) is 12.0 Å². The summed E-state index contributed by atoms with van der Waals surface area (Å²) in [4.78, 5) is 25.0. The summed E-state index contributed by atoms with van der Waals surface area (Å²) in [6.07, 6.45) is 2.08. The Balaban J connectivity index is 1.39. The third-order valence-electron chi connectivity index (χ3n) is 4.72. The van der Waals surface area contributed by atoms with Gasteiger partial charge in [0.1, 0.15) is 18.8 Å². The van der Waals surface area contributed by atoms with E-state index in [1.807, 2.05) is 36.4 Å². The second kappa shape index (κ2) is 7.61. The maximum absolute atomic E-state index is 12.3. The number of anilines is 1. The average Bonchev–Trinajstić information content (AvgIpc) is 3.21. The molecule has 1 fully saturated rings. The monoisotopic (exact) mass is 366 g/mol. The highest BCUT2D eigenvalue weighted by Crippen LogP contribution is 2.19. The lowest BCUT2D eigenvalue weighted by Crippen LogP contribution is -2.49. The third kappa shape index (κ3) is 3.69. The minimum absolute atomic E-state index is 0.270. The van der Waals surface area contributed by atoms with Gasteiger partial charge in [0.25, 0.3) is 5.78 Å². The quantitative estimate of drug-likeness (QED) is 0.704. The molecule has 140 valence electrons. The van der Waals surface area contributed by atoms with Crippen LogP contribution in [0.25, 0.3) is 5.78 Å². The number of carbonyl (C=O) groups is 1. The van der Waals surface area contributed by atoms with Crippen molar-refractivity contribution in [1.29, 1.82) is 0 Å². The SMILES string of the molecule is CCc1cc(N2CCN(C(=O)OCc3ccccc3)CC2)n2ncnc2n1. The summed E-state index contributed by atoms with van der Waals surface area (Å²) in [5.41, 5.74) is 1.97.